The van der Waals surface area contributed by atoms with Gasteiger partial charge in [0.05, 0.1) is 0 Å². The monoisotopic (exact) mass is 294 g/mol. The van der Waals surface area contributed by atoms with Crippen LogP contribution in [0.4, 0.5) is 5.69 Å². The molecule has 1 heterocycles. The molecule has 1 unspecified atom stereocenters. The number of para-hydroxylation sites is 1. The van der Waals surface area contributed by atoms with E-state index >= 15 is 0 Å². The summed E-state index contributed by atoms with van der Waals surface area (Å²) in [4.78, 5) is 24.7. The number of anilines is 1. The first-order valence-electron chi connectivity index (χ1n) is 6.55. The third-order valence-electron chi connectivity index (χ3n) is 3.08. The van der Waals surface area contributed by atoms with Crippen molar-refractivity contribution in [1.29, 1.82) is 0 Å². The maximum atomic E-state index is 12.4. The van der Waals surface area contributed by atoms with Crippen LogP contribution in [0.3, 0.4) is 0 Å². The van der Waals surface area contributed by atoms with E-state index in [0.29, 0.717) is 12.1 Å². The number of hydrogen-bond acceptors (Lipinski definition) is 4. The van der Waals surface area contributed by atoms with Gasteiger partial charge in [0.2, 0.25) is 5.91 Å². The number of aliphatic carboxylic acids is 1. The molecule has 108 valence electrons. The Hall–Kier alpha value is -1.53. The Bertz CT molecular complexity index is 461. The zero-order chi connectivity index (χ0) is 14.4. The SMILES string of the molecule is O=C(O)CN(C(=O)CC1CSCCN1)c1ccccc1. The fourth-order valence-electron chi connectivity index (χ4n) is 2.14. The van der Waals surface area contributed by atoms with Crippen molar-refractivity contribution in [1.82, 2.24) is 5.32 Å². The maximum Gasteiger partial charge on any atom is 0.323 e. The Morgan fingerprint density at radius 3 is 2.70 bits per heavy atom. The average molecular weight is 294 g/mol. The molecule has 0 spiro atoms. The normalized spacial score (nSPS) is 18.5. The molecule has 2 N–H and O–H groups in total. The fourth-order valence-corrected chi connectivity index (χ4v) is 3.09. The minimum Gasteiger partial charge on any atom is -0.480 e. The molecule has 0 aliphatic carbocycles. The standard InChI is InChI=1S/C14H18N2O3S/c17-13(8-11-10-20-7-6-15-11)16(9-14(18)19)12-4-2-1-3-5-12/h1-5,11,15H,6-10H2,(H,18,19). The summed E-state index contributed by atoms with van der Waals surface area (Å²) in [5.74, 6) is 0.788. The van der Waals surface area contributed by atoms with Crippen LogP contribution in [0.5, 0.6) is 0 Å². The first-order valence-corrected chi connectivity index (χ1v) is 7.70. The molecule has 1 aromatic rings. The van der Waals surface area contributed by atoms with Crippen LogP contribution in [0.1, 0.15) is 6.42 Å². The van der Waals surface area contributed by atoms with Crippen molar-refractivity contribution >= 4 is 29.3 Å². The van der Waals surface area contributed by atoms with Gasteiger partial charge in [-0.1, -0.05) is 18.2 Å². The Morgan fingerprint density at radius 2 is 2.10 bits per heavy atom. The summed E-state index contributed by atoms with van der Waals surface area (Å²) in [6.45, 7) is 0.593. The van der Waals surface area contributed by atoms with Crippen LogP contribution in [0, 0.1) is 0 Å². The summed E-state index contributed by atoms with van der Waals surface area (Å²) in [5.41, 5.74) is 0.628. The maximum absolute atomic E-state index is 12.4. The summed E-state index contributed by atoms with van der Waals surface area (Å²) in [6, 6.07) is 9.07. The first kappa shape index (κ1) is 14.9. The van der Waals surface area contributed by atoms with Crippen molar-refractivity contribution in [2.45, 2.75) is 12.5 Å². The number of carbonyl (C=O) groups excluding carboxylic acids is 1. The number of benzene rings is 1. The lowest BCUT2D eigenvalue weighted by Crippen LogP contribution is -2.44. The highest BCUT2D eigenvalue weighted by Gasteiger charge is 2.23. The molecule has 1 fully saturated rings. The molecule has 0 aromatic heterocycles. The number of carboxylic acid groups (broad SMARTS) is 1. The van der Waals surface area contributed by atoms with E-state index in [9.17, 15) is 9.59 Å². The van der Waals surface area contributed by atoms with E-state index in [1.54, 1.807) is 24.3 Å². The van der Waals surface area contributed by atoms with Gasteiger partial charge in [-0.05, 0) is 12.1 Å². The van der Waals surface area contributed by atoms with Gasteiger partial charge in [0.1, 0.15) is 6.54 Å². The van der Waals surface area contributed by atoms with Crippen LogP contribution in [0.2, 0.25) is 0 Å². The van der Waals surface area contributed by atoms with Gasteiger partial charge in [-0.3, -0.25) is 9.59 Å². The molecule has 0 radical (unpaired) electrons. The Morgan fingerprint density at radius 1 is 1.35 bits per heavy atom. The highest BCUT2D eigenvalue weighted by Crippen LogP contribution is 2.17. The largest absolute Gasteiger partial charge is 0.480 e. The lowest BCUT2D eigenvalue weighted by molar-refractivity contribution is -0.136. The number of nitrogens with zero attached hydrogens (tertiary/aromatic N) is 1. The van der Waals surface area contributed by atoms with E-state index in [-0.39, 0.29) is 18.5 Å². The van der Waals surface area contributed by atoms with Crippen molar-refractivity contribution < 1.29 is 14.7 Å². The van der Waals surface area contributed by atoms with E-state index < -0.39 is 5.97 Å². The van der Waals surface area contributed by atoms with Gasteiger partial charge in [0.15, 0.2) is 0 Å². The zero-order valence-corrected chi connectivity index (χ0v) is 11.9. The van der Waals surface area contributed by atoms with Crippen LogP contribution in [-0.4, -0.2) is 47.6 Å². The molecule has 5 nitrogen and oxygen atoms in total. The number of carbonyl (C=O) groups is 2. The summed E-state index contributed by atoms with van der Waals surface area (Å²) in [7, 11) is 0. The minimum atomic E-state index is -1.01. The van der Waals surface area contributed by atoms with Crippen LogP contribution < -0.4 is 10.2 Å². The minimum absolute atomic E-state index is 0.126. The highest BCUT2D eigenvalue weighted by molar-refractivity contribution is 7.99. The molecule has 1 aliphatic rings. The molecular weight excluding hydrogens is 276 g/mol. The van der Waals surface area contributed by atoms with Gasteiger partial charge in [0.25, 0.3) is 0 Å². The van der Waals surface area contributed by atoms with Gasteiger partial charge in [-0.15, -0.1) is 0 Å². The number of carboxylic acids is 1. The number of rotatable bonds is 5. The molecule has 6 heteroatoms. The van der Waals surface area contributed by atoms with E-state index in [4.69, 9.17) is 5.11 Å². The highest BCUT2D eigenvalue weighted by atomic mass is 32.2. The first-order chi connectivity index (χ1) is 9.66. The summed E-state index contributed by atoms with van der Waals surface area (Å²) in [5, 5.41) is 12.3. The molecule has 1 saturated heterocycles. The van der Waals surface area contributed by atoms with Gasteiger partial charge in [-0.25, -0.2) is 0 Å². The van der Waals surface area contributed by atoms with Crippen LogP contribution in [-0.2, 0) is 9.59 Å². The molecule has 1 atom stereocenters. The molecule has 20 heavy (non-hydrogen) atoms. The van der Waals surface area contributed by atoms with Crippen LogP contribution >= 0.6 is 11.8 Å². The van der Waals surface area contributed by atoms with E-state index in [1.807, 2.05) is 17.8 Å². The number of nitrogens with one attached hydrogen (secondary N) is 1. The van der Waals surface area contributed by atoms with Crippen LogP contribution in [0.15, 0.2) is 30.3 Å². The van der Waals surface area contributed by atoms with E-state index in [0.717, 1.165) is 18.1 Å². The lowest BCUT2D eigenvalue weighted by Gasteiger charge is -2.26. The summed E-state index contributed by atoms with van der Waals surface area (Å²) >= 11 is 1.82. The van der Waals surface area contributed by atoms with E-state index in [1.165, 1.54) is 4.90 Å². The Labute approximate surface area is 122 Å². The second kappa shape index (κ2) is 7.31. The predicted octanol–water partition coefficient (Wildman–Crippen LogP) is 1.20. The molecule has 2 rings (SSSR count). The second-order valence-corrected chi connectivity index (χ2v) is 5.79. The third kappa shape index (κ3) is 4.25. The van der Waals surface area contributed by atoms with Crippen LogP contribution in [0.25, 0.3) is 0 Å². The van der Waals surface area contributed by atoms with Gasteiger partial charge >= 0.3 is 5.97 Å². The van der Waals surface area contributed by atoms with Crippen molar-refractivity contribution in [3.63, 3.8) is 0 Å². The zero-order valence-electron chi connectivity index (χ0n) is 11.1. The quantitative estimate of drug-likeness (QED) is 0.854. The molecule has 1 amide bonds. The Kier molecular flexibility index (Phi) is 5.43. The third-order valence-corrected chi connectivity index (χ3v) is 4.21. The molecule has 0 saturated carbocycles. The number of hydrogen-bond donors (Lipinski definition) is 2. The van der Waals surface area contributed by atoms with Gasteiger partial charge < -0.3 is 15.3 Å². The molecule has 1 aliphatic heterocycles. The summed E-state index contributed by atoms with van der Waals surface area (Å²) < 4.78 is 0. The van der Waals surface area contributed by atoms with Crippen molar-refractivity contribution in [2.24, 2.45) is 0 Å². The van der Waals surface area contributed by atoms with Crippen molar-refractivity contribution in [2.75, 3.05) is 29.5 Å². The van der Waals surface area contributed by atoms with Gasteiger partial charge in [-0.2, -0.15) is 11.8 Å². The molecule has 0 bridgehead atoms. The topological polar surface area (TPSA) is 69.6 Å². The Balaban J connectivity index is 2.05. The summed E-state index contributed by atoms with van der Waals surface area (Å²) in [6.07, 6.45) is 0.329. The van der Waals surface area contributed by atoms with Crippen molar-refractivity contribution in [3.8, 4) is 0 Å². The average Bonchev–Trinajstić information content (AvgIpc) is 2.46. The van der Waals surface area contributed by atoms with Crippen molar-refractivity contribution in [3.05, 3.63) is 30.3 Å². The smallest absolute Gasteiger partial charge is 0.323 e. The predicted molar refractivity (Wildman–Crippen MR) is 80.2 cm³/mol. The molecule has 1 aromatic carbocycles. The second-order valence-electron chi connectivity index (χ2n) is 4.64. The number of thioether (sulfide) groups is 1. The number of amides is 1. The van der Waals surface area contributed by atoms with Gasteiger partial charge in [0, 0.05) is 36.2 Å². The van der Waals surface area contributed by atoms with E-state index in [2.05, 4.69) is 5.32 Å². The lowest BCUT2D eigenvalue weighted by atomic mass is 10.2. The fraction of sp³-hybridized carbons (Fsp3) is 0.429. The molecular formula is C14H18N2O3S.